The molecule has 0 radical (unpaired) electrons. The van der Waals surface area contributed by atoms with E-state index in [1.54, 1.807) is 11.1 Å². The highest BCUT2D eigenvalue weighted by molar-refractivity contribution is 6.10. The van der Waals surface area contributed by atoms with Crippen molar-refractivity contribution in [3.63, 3.8) is 0 Å². The molecule has 0 saturated heterocycles. The van der Waals surface area contributed by atoms with Crippen LogP contribution in [0.5, 0.6) is 0 Å². The summed E-state index contributed by atoms with van der Waals surface area (Å²) in [6.45, 7) is 14.6. The highest BCUT2D eigenvalue weighted by Gasteiger charge is 2.48. The van der Waals surface area contributed by atoms with Gasteiger partial charge < -0.3 is 9.47 Å². The molecule has 1 aromatic heterocycles. The van der Waals surface area contributed by atoms with Gasteiger partial charge in [-0.3, -0.25) is 0 Å². The molecular formula is C63H52N2. The Morgan fingerprint density at radius 3 is 1.88 bits per heavy atom. The van der Waals surface area contributed by atoms with E-state index in [2.05, 4.69) is 239 Å². The van der Waals surface area contributed by atoms with E-state index in [4.69, 9.17) is 0 Å². The first-order chi connectivity index (χ1) is 31.5. The number of nitrogens with zero attached hydrogens (tertiary/aromatic N) is 2. The molecule has 8 aromatic carbocycles. The van der Waals surface area contributed by atoms with Crippen LogP contribution in [0, 0.1) is 0 Å². The van der Waals surface area contributed by atoms with Gasteiger partial charge in [0.1, 0.15) is 0 Å². The highest BCUT2D eigenvalue weighted by atomic mass is 15.1. The second-order valence-electron chi connectivity index (χ2n) is 20.5. The molecule has 1 unspecified atom stereocenters. The van der Waals surface area contributed by atoms with Crippen molar-refractivity contribution in [1.29, 1.82) is 0 Å². The Morgan fingerprint density at radius 1 is 0.446 bits per heavy atom. The molecule has 2 heteroatoms. The second kappa shape index (κ2) is 13.4. The minimum Gasteiger partial charge on any atom is -0.310 e. The number of aromatic nitrogens is 1. The molecule has 1 atom stereocenters. The van der Waals surface area contributed by atoms with Gasteiger partial charge in [0.25, 0.3) is 0 Å². The summed E-state index contributed by atoms with van der Waals surface area (Å²) in [5.74, 6) is 0.356. The highest BCUT2D eigenvalue weighted by Crippen LogP contribution is 2.62. The first kappa shape index (κ1) is 38.3. The normalized spacial score (nSPS) is 17.9. The van der Waals surface area contributed by atoms with Gasteiger partial charge >= 0.3 is 0 Å². The minimum atomic E-state index is -0.125. The van der Waals surface area contributed by atoms with Gasteiger partial charge in [0.2, 0.25) is 0 Å². The minimum absolute atomic E-state index is 0.0759. The molecule has 13 rings (SSSR count). The number of para-hydroxylation sites is 3. The molecule has 0 amide bonds. The lowest BCUT2D eigenvalue weighted by Crippen LogP contribution is -2.22. The summed E-state index contributed by atoms with van der Waals surface area (Å²) in [5.41, 5.74) is 25.3. The van der Waals surface area contributed by atoms with E-state index < -0.39 is 0 Å². The van der Waals surface area contributed by atoms with Gasteiger partial charge in [-0.05, 0) is 140 Å². The number of fused-ring (bicyclic) bond motifs is 11. The third kappa shape index (κ3) is 5.34. The molecule has 1 heterocycles. The van der Waals surface area contributed by atoms with Crippen LogP contribution in [-0.4, -0.2) is 4.57 Å². The van der Waals surface area contributed by atoms with Crippen molar-refractivity contribution in [1.82, 2.24) is 4.57 Å². The van der Waals surface area contributed by atoms with Crippen molar-refractivity contribution in [2.45, 2.75) is 70.1 Å². The van der Waals surface area contributed by atoms with E-state index in [0.717, 1.165) is 6.42 Å². The first-order valence-electron chi connectivity index (χ1n) is 23.4. The van der Waals surface area contributed by atoms with Gasteiger partial charge in [-0.1, -0.05) is 168 Å². The maximum Gasteiger partial charge on any atom is 0.0541 e. The van der Waals surface area contributed by atoms with Crippen molar-refractivity contribution in [3.8, 4) is 27.9 Å². The first-order valence-corrected chi connectivity index (χ1v) is 23.4. The van der Waals surface area contributed by atoms with Gasteiger partial charge in [0, 0.05) is 55.7 Å². The van der Waals surface area contributed by atoms with Gasteiger partial charge in [-0.2, -0.15) is 0 Å². The molecule has 0 aliphatic heterocycles. The SMILES string of the molecule is CC1(C)C2=C(C=C3C(C2)c2ccc(N(c4ccccc4)c4ccc5c(c4)C(C)(C)c4ccccc4-5)cc2C3(C)C)c2ccc(-c3ccc4c(c3)c3ccccc3n4-c3ccccc3)cc21. The van der Waals surface area contributed by atoms with Crippen molar-refractivity contribution in [2.75, 3.05) is 4.90 Å². The molecular weight excluding hydrogens is 785 g/mol. The summed E-state index contributed by atoms with van der Waals surface area (Å²) in [7, 11) is 0. The Kier molecular flexibility index (Phi) is 7.92. The molecule has 0 N–H and O–H groups in total. The number of rotatable bonds is 5. The maximum absolute atomic E-state index is 2.61. The molecule has 2 nitrogen and oxygen atoms in total. The Morgan fingerprint density at radius 2 is 1.06 bits per heavy atom. The van der Waals surface area contributed by atoms with Crippen molar-refractivity contribution < 1.29 is 0 Å². The summed E-state index contributed by atoms with van der Waals surface area (Å²) in [5, 5.41) is 2.57. The Bertz CT molecular complexity index is 3540. The van der Waals surface area contributed by atoms with Gasteiger partial charge in [0.05, 0.1) is 11.0 Å². The van der Waals surface area contributed by atoms with E-state index in [9.17, 15) is 0 Å². The van der Waals surface area contributed by atoms with E-state index in [1.807, 2.05) is 0 Å². The van der Waals surface area contributed by atoms with E-state index >= 15 is 0 Å². The van der Waals surface area contributed by atoms with Crippen LogP contribution in [0.15, 0.2) is 199 Å². The molecule has 0 bridgehead atoms. The molecule has 9 aromatic rings. The summed E-state index contributed by atoms with van der Waals surface area (Å²) in [6.07, 6.45) is 3.65. The number of benzene rings is 8. The average molecular weight is 837 g/mol. The summed E-state index contributed by atoms with van der Waals surface area (Å²) < 4.78 is 2.40. The van der Waals surface area contributed by atoms with Gasteiger partial charge in [-0.15, -0.1) is 0 Å². The third-order valence-corrected chi connectivity index (χ3v) is 16.1. The molecule has 65 heavy (non-hydrogen) atoms. The zero-order valence-corrected chi connectivity index (χ0v) is 38.1. The molecule has 4 aliphatic rings. The van der Waals surface area contributed by atoms with Gasteiger partial charge in [0.15, 0.2) is 0 Å². The van der Waals surface area contributed by atoms with E-state index in [1.165, 1.54) is 106 Å². The predicted molar refractivity (Wildman–Crippen MR) is 273 cm³/mol. The Hall–Kier alpha value is -7.16. The predicted octanol–water partition coefficient (Wildman–Crippen LogP) is 16.7. The van der Waals surface area contributed by atoms with Crippen molar-refractivity contribution in [3.05, 3.63) is 233 Å². The molecule has 4 aliphatic carbocycles. The van der Waals surface area contributed by atoms with E-state index in [0.29, 0.717) is 5.92 Å². The van der Waals surface area contributed by atoms with Crippen LogP contribution in [0.25, 0.3) is 55.3 Å². The van der Waals surface area contributed by atoms with Crippen molar-refractivity contribution in [2.24, 2.45) is 0 Å². The lowest BCUT2D eigenvalue weighted by atomic mass is 9.71. The largest absolute Gasteiger partial charge is 0.310 e. The Labute approximate surface area is 382 Å². The standard InChI is InChI=1S/C63H52N2/c1-61(2)53-23-15-13-21-45(53)46-30-27-43(35-55(46)61)64(41-17-9-7-10-18-41)44-28-31-48-51-38-57-50(37-58(51)63(5,6)56(48)36-44)47-29-25-40(34-54(47)62(57,3)4)39-26-32-60-52(33-39)49-22-14-16-24-59(49)65(60)42-19-11-8-12-20-42/h7-37,51H,38H2,1-6H3. The third-order valence-electron chi connectivity index (χ3n) is 16.1. The molecule has 0 spiro atoms. The fraction of sp³-hybridized carbons (Fsp3) is 0.175. The summed E-state index contributed by atoms with van der Waals surface area (Å²) in [6, 6.07) is 68.2. The second-order valence-corrected chi connectivity index (χ2v) is 20.5. The molecule has 0 fully saturated rings. The van der Waals surface area contributed by atoms with E-state index in [-0.39, 0.29) is 16.2 Å². The zero-order valence-electron chi connectivity index (χ0n) is 38.1. The fourth-order valence-electron chi connectivity index (χ4n) is 12.7. The lowest BCUT2D eigenvalue weighted by Gasteiger charge is -2.32. The van der Waals surface area contributed by atoms with Crippen LogP contribution in [0.1, 0.15) is 87.3 Å². The Balaban J connectivity index is 0.867. The fourth-order valence-corrected chi connectivity index (χ4v) is 12.7. The van der Waals surface area contributed by atoms with Crippen molar-refractivity contribution >= 4 is 44.4 Å². The topological polar surface area (TPSA) is 8.17 Å². The lowest BCUT2D eigenvalue weighted by molar-refractivity contribution is 0.561. The quantitative estimate of drug-likeness (QED) is 0.168. The molecule has 0 saturated carbocycles. The number of allylic oxidation sites excluding steroid dienone is 4. The monoisotopic (exact) mass is 836 g/mol. The number of anilines is 3. The van der Waals surface area contributed by atoms with Crippen LogP contribution in [0.3, 0.4) is 0 Å². The summed E-state index contributed by atoms with van der Waals surface area (Å²) in [4.78, 5) is 2.47. The average Bonchev–Trinajstić information content (AvgIpc) is 3.94. The van der Waals surface area contributed by atoms with Crippen LogP contribution in [0.4, 0.5) is 17.1 Å². The summed E-state index contributed by atoms with van der Waals surface area (Å²) >= 11 is 0. The van der Waals surface area contributed by atoms with Crippen LogP contribution in [0.2, 0.25) is 0 Å². The van der Waals surface area contributed by atoms with Crippen LogP contribution in [-0.2, 0) is 16.2 Å². The van der Waals surface area contributed by atoms with Crippen LogP contribution < -0.4 is 4.90 Å². The zero-order chi connectivity index (χ0) is 44.0. The van der Waals surface area contributed by atoms with Gasteiger partial charge in [-0.25, -0.2) is 0 Å². The number of hydrogen-bond donors (Lipinski definition) is 0. The maximum atomic E-state index is 2.61. The van der Waals surface area contributed by atoms with Crippen LogP contribution >= 0.6 is 0 Å². The molecule has 314 valence electrons. The number of hydrogen-bond acceptors (Lipinski definition) is 1. The smallest absolute Gasteiger partial charge is 0.0541 e.